The monoisotopic (exact) mass is 425 g/mol. The Labute approximate surface area is 186 Å². The highest BCUT2D eigenvalue weighted by Crippen LogP contribution is 2.37. The van der Waals surface area contributed by atoms with Gasteiger partial charge in [-0.25, -0.2) is 0 Å². The van der Waals surface area contributed by atoms with E-state index in [1.807, 2.05) is 54.6 Å². The number of benzene rings is 3. The molecule has 1 amide bonds. The standard InChI is InChI=1S/C26H23N3O3/c27-25(28)20-11-13-21(14-12-20)29-16-22(18-4-2-1-3-5-18)24(26(29)32)19-9-6-17(7-10-19)8-15-23(30)31/h1-7,9-14H,8,15-16H2,(H3,27,28)(H,30,31). The lowest BCUT2D eigenvalue weighted by atomic mass is 9.95. The average molecular weight is 425 g/mol. The number of nitrogens with zero attached hydrogens (tertiary/aromatic N) is 1. The Balaban J connectivity index is 1.70. The van der Waals surface area contributed by atoms with Gasteiger partial charge < -0.3 is 15.7 Å². The summed E-state index contributed by atoms with van der Waals surface area (Å²) < 4.78 is 0. The van der Waals surface area contributed by atoms with Gasteiger partial charge in [-0.1, -0.05) is 54.6 Å². The number of aryl methyl sites for hydroxylation is 1. The number of amides is 1. The molecule has 0 spiro atoms. The number of anilines is 1. The first-order chi connectivity index (χ1) is 15.4. The number of carboxylic acids is 1. The predicted molar refractivity (Wildman–Crippen MR) is 125 cm³/mol. The number of carbonyl (C=O) groups excluding carboxylic acids is 1. The van der Waals surface area contributed by atoms with Crippen molar-refractivity contribution in [2.45, 2.75) is 12.8 Å². The van der Waals surface area contributed by atoms with Gasteiger partial charge in [0.05, 0.1) is 12.1 Å². The molecule has 1 aliphatic heterocycles. The van der Waals surface area contributed by atoms with Gasteiger partial charge in [0, 0.05) is 17.7 Å². The van der Waals surface area contributed by atoms with Gasteiger partial charge in [0.25, 0.3) is 5.91 Å². The number of rotatable bonds is 7. The highest BCUT2D eigenvalue weighted by molar-refractivity contribution is 6.36. The molecule has 0 aromatic heterocycles. The number of aliphatic carboxylic acids is 1. The summed E-state index contributed by atoms with van der Waals surface area (Å²) in [5.74, 6) is -0.950. The van der Waals surface area contributed by atoms with Crippen molar-refractivity contribution < 1.29 is 14.7 Å². The van der Waals surface area contributed by atoms with E-state index < -0.39 is 5.97 Å². The number of hydrogen-bond acceptors (Lipinski definition) is 3. The van der Waals surface area contributed by atoms with Gasteiger partial charge in [0.2, 0.25) is 0 Å². The van der Waals surface area contributed by atoms with Crippen LogP contribution in [0.1, 0.15) is 28.7 Å². The molecule has 0 unspecified atom stereocenters. The number of carboxylic acid groups (broad SMARTS) is 1. The van der Waals surface area contributed by atoms with E-state index >= 15 is 0 Å². The molecule has 0 atom stereocenters. The SMILES string of the molecule is N=C(N)c1ccc(N2CC(c3ccccc3)=C(c3ccc(CCC(=O)O)cc3)C2=O)cc1. The fraction of sp³-hybridized carbons (Fsp3) is 0.115. The lowest BCUT2D eigenvalue weighted by Gasteiger charge is -2.17. The van der Waals surface area contributed by atoms with Crippen LogP contribution in [-0.2, 0) is 16.0 Å². The fourth-order valence-electron chi connectivity index (χ4n) is 3.86. The van der Waals surface area contributed by atoms with Crippen LogP contribution in [0, 0.1) is 5.41 Å². The van der Waals surface area contributed by atoms with E-state index in [1.165, 1.54) is 0 Å². The average Bonchev–Trinajstić information content (AvgIpc) is 3.15. The van der Waals surface area contributed by atoms with E-state index in [2.05, 4.69) is 0 Å². The minimum Gasteiger partial charge on any atom is -0.481 e. The summed E-state index contributed by atoms with van der Waals surface area (Å²) in [6, 6.07) is 24.4. The smallest absolute Gasteiger partial charge is 0.303 e. The molecule has 1 aliphatic rings. The number of amidine groups is 1. The molecular formula is C26H23N3O3. The molecule has 160 valence electrons. The third kappa shape index (κ3) is 4.30. The zero-order chi connectivity index (χ0) is 22.7. The second-order valence-corrected chi connectivity index (χ2v) is 7.66. The van der Waals surface area contributed by atoms with Gasteiger partial charge in [-0.15, -0.1) is 0 Å². The summed E-state index contributed by atoms with van der Waals surface area (Å²) in [6.45, 7) is 0.429. The van der Waals surface area contributed by atoms with Crippen LogP contribution in [0.5, 0.6) is 0 Å². The van der Waals surface area contributed by atoms with Crippen molar-refractivity contribution in [3.05, 3.63) is 101 Å². The lowest BCUT2D eigenvalue weighted by molar-refractivity contribution is -0.137. The maximum absolute atomic E-state index is 13.5. The molecule has 3 aromatic carbocycles. The van der Waals surface area contributed by atoms with Crippen molar-refractivity contribution in [2.24, 2.45) is 5.73 Å². The summed E-state index contributed by atoms with van der Waals surface area (Å²) in [4.78, 5) is 26.1. The molecule has 1 heterocycles. The van der Waals surface area contributed by atoms with Crippen LogP contribution in [-0.4, -0.2) is 29.4 Å². The first kappa shape index (κ1) is 21.1. The molecule has 0 saturated carbocycles. The van der Waals surface area contributed by atoms with E-state index in [4.69, 9.17) is 16.2 Å². The summed E-state index contributed by atoms with van der Waals surface area (Å²) in [5.41, 5.74) is 11.2. The number of nitrogens with one attached hydrogen (secondary N) is 1. The van der Waals surface area contributed by atoms with Gasteiger partial charge in [-0.3, -0.25) is 15.0 Å². The zero-order valence-electron chi connectivity index (χ0n) is 17.4. The number of hydrogen-bond donors (Lipinski definition) is 3. The Morgan fingerprint density at radius 2 is 1.59 bits per heavy atom. The first-order valence-electron chi connectivity index (χ1n) is 10.3. The summed E-state index contributed by atoms with van der Waals surface area (Å²) in [7, 11) is 0. The van der Waals surface area contributed by atoms with Crippen LogP contribution >= 0.6 is 0 Å². The molecule has 0 radical (unpaired) electrons. The van der Waals surface area contributed by atoms with E-state index in [0.29, 0.717) is 24.1 Å². The maximum atomic E-state index is 13.5. The molecule has 3 aromatic rings. The summed E-state index contributed by atoms with van der Waals surface area (Å²) in [6.07, 6.45) is 0.517. The topological polar surface area (TPSA) is 107 Å². The molecule has 0 fully saturated rings. The van der Waals surface area contributed by atoms with E-state index in [1.54, 1.807) is 29.2 Å². The van der Waals surface area contributed by atoms with Crippen LogP contribution in [0.3, 0.4) is 0 Å². The third-order valence-electron chi connectivity index (χ3n) is 5.56. The molecule has 0 aliphatic carbocycles. The van der Waals surface area contributed by atoms with E-state index in [-0.39, 0.29) is 18.2 Å². The Kier molecular flexibility index (Phi) is 5.85. The summed E-state index contributed by atoms with van der Waals surface area (Å²) in [5, 5.41) is 16.5. The largest absolute Gasteiger partial charge is 0.481 e. The Bertz CT molecular complexity index is 1200. The van der Waals surface area contributed by atoms with Crippen LogP contribution in [0.2, 0.25) is 0 Å². The molecule has 6 heteroatoms. The number of carbonyl (C=O) groups is 2. The molecule has 4 N–H and O–H groups in total. The summed E-state index contributed by atoms with van der Waals surface area (Å²) >= 11 is 0. The maximum Gasteiger partial charge on any atom is 0.303 e. The van der Waals surface area contributed by atoms with Gasteiger partial charge >= 0.3 is 5.97 Å². The molecule has 0 saturated heterocycles. The minimum atomic E-state index is -0.833. The normalized spacial score (nSPS) is 13.5. The quantitative estimate of drug-likeness (QED) is 0.393. The fourth-order valence-corrected chi connectivity index (χ4v) is 3.86. The highest BCUT2D eigenvalue weighted by Gasteiger charge is 2.32. The molecule has 6 nitrogen and oxygen atoms in total. The van der Waals surface area contributed by atoms with Gasteiger partial charge in [0.1, 0.15) is 5.84 Å². The van der Waals surface area contributed by atoms with Crippen molar-refractivity contribution in [2.75, 3.05) is 11.4 Å². The van der Waals surface area contributed by atoms with Crippen molar-refractivity contribution in [1.82, 2.24) is 0 Å². The van der Waals surface area contributed by atoms with Crippen LogP contribution in [0.15, 0.2) is 78.9 Å². The number of nitrogens with two attached hydrogens (primary N) is 1. The molecule has 0 bridgehead atoms. The Hall–Kier alpha value is -4.19. The second-order valence-electron chi connectivity index (χ2n) is 7.66. The molecule has 4 rings (SSSR count). The number of nitrogen functional groups attached to an aromatic ring is 1. The van der Waals surface area contributed by atoms with E-state index in [0.717, 1.165) is 28.0 Å². The van der Waals surface area contributed by atoms with Crippen molar-refractivity contribution in [1.29, 1.82) is 5.41 Å². The second kappa shape index (κ2) is 8.89. The van der Waals surface area contributed by atoms with Crippen molar-refractivity contribution in [3.8, 4) is 0 Å². The van der Waals surface area contributed by atoms with Gasteiger partial charge in [-0.2, -0.15) is 0 Å². The molecule has 32 heavy (non-hydrogen) atoms. The van der Waals surface area contributed by atoms with Crippen molar-refractivity contribution in [3.63, 3.8) is 0 Å². The molecular weight excluding hydrogens is 402 g/mol. The van der Waals surface area contributed by atoms with Gasteiger partial charge in [0.15, 0.2) is 0 Å². The van der Waals surface area contributed by atoms with E-state index in [9.17, 15) is 9.59 Å². The van der Waals surface area contributed by atoms with Crippen LogP contribution in [0.4, 0.5) is 5.69 Å². The van der Waals surface area contributed by atoms with Crippen LogP contribution in [0.25, 0.3) is 11.1 Å². The van der Waals surface area contributed by atoms with Crippen LogP contribution < -0.4 is 10.6 Å². The lowest BCUT2D eigenvalue weighted by Crippen LogP contribution is -2.26. The van der Waals surface area contributed by atoms with Gasteiger partial charge in [-0.05, 0) is 52.9 Å². The third-order valence-corrected chi connectivity index (χ3v) is 5.56. The van der Waals surface area contributed by atoms with Crippen molar-refractivity contribution >= 4 is 34.5 Å². The minimum absolute atomic E-state index is 0.0175. The zero-order valence-corrected chi connectivity index (χ0v) is 17.4. The highest BCUT2D eigenvalue weighted by atomic mass is 16.4. The Morgan fingerprint density at radius 1 is 0.938 bits per heavy atom. The Morgan fingerprint density at radius 3 is 2.19 bits per heavy atom. The first-order valence-corrected chi connectivity index (χ1v) is 10.3. The predicted octanol–water partition coefficient (Wildman–Crippen LogP) is 3.95.